The highest BCUT2D eigenvalue weighted by atomic mass is 16.8. The molecule has 0 amide bonds. The molecule has 0 aliphatic rings. The van der Waals surface area contributed by atoms with E-state index in [-0.39, 0.29) is 25.6 Å². The van der Waals surface area contributed by atoms with Crippen LogP contribution in [0.1, 0.15) is 32.3 Å². The standard InChI is InChI=1S/C16H20O7/c1-12(17)22-13(2)23-16(19)20-10-6-9-15(18)21-11-14-7-4-3-5-8-14/h3-5,7-8,13H,6,9-11H2,1-2H3. The van der Waals surface area contributed by atoms with Crippen LogP contribution in [0.4, 0.5) is 4.79 Å². The number of hydrogen-bond donors (Lipinski definition) is 0. The smallest absolute Gasteiger partial charge is 0.461 e. The Balaban J connectivity index is 2.08. The molecule has 1 unspecified atom stereocenters. The lowest BCUT2D eigenvalue weighted by Crippen LogP contribution is -2.21. The number of benzene rings is 1. The van der Waals surface area contributed by atoms with Gasteiger partial charge in [-0.05, 0) is 12.0 Å². The number of carbonyl (C=O) groups excluding carboxylic acids is 3. The molecule has 7 nitrogen and oxygen atoms in total. The van der Waals surface area contributed by atoms with Crippen molar-refractivity contribution in [2.75, 3.05) is 6.61 Å². The van der Waals surface area contributed by atoms with Gasteiger partial charge in [0.05, 0.1) is 6.61 Å². The lowest BCUT2D eigenvalue weighted by atomic mass is 10.2. The summed E-state index contributed by atoms with van der Waals surface area (Å²) in [4.78, 5) is 33.4. The first-order chi connectivity index (χ1) is 11.0. The van der Waals surface area contributed by atoms with Crippen LogP contribution in [0.3, 0.4) is 0 Å². The van der Waals surface area contributed by atoms with Gasteiger partial charge in [0.2, 0.25) is 6.29 Å². The van der Waals surface area contributed by atoms with E-state index in [1.54, 1.807) is 0 Å². The van der Waals surface area contributed by atoms with Gasteiger partial charge in [-0.1, -0.05) is 30.3 Å². The average Bonchev–Trinajstić information content (AvgIpc) is 2.49. The molecular formula is C16H20O7. The number of hydrogen-bond acceptors (Lipinski definition) is 7. The molecule has 0 N–H and O–H groups in total. The summed E-state index contributed by atoms with van der Waals surface area (Å²) in [7, 11) is 0. The third kappa shape index (κ3) is 9.13. The predicted molar refractivity (Wildman–Crippen MR) is 79.1 cm³/mol. The summed E-state index contributed by atoms with van der Waals surface area (Å²) in [5.41, 5.74) is 0.903. The molecule has 7 heteroatoms. The minimum Gasteiger partial charge on any atom is -0.461 e. The second-order valence-corrected chi connectivity index (χ2v) is 4.64. The first-order valence-corrected chi connectivity index (χ1v) is 7.17. The van der Waals surface area contributed by atoms with Gasteiger partial charge < -0.3 is 18.9 Å². The maximum atomic E-state index is 11.5. The highest BCUT2D eigenvalue weighted by Crippen LogP contribution is 2.03. The highest BCUT2D eigenvalue weighted by Gasteiger charge is 2.13. The molecule has 1 aromatic carbocycles. The van der Waals surface area contributed by atoms with Crippen LogP contribution in [0.25, 0.3) is 0 Å². The van der Waals surface area contributed by atoms with Crippen molar-refractivity contribution in [3.63, 3.8) is 0 Å². The molecule has 0 aliphatic heterocycles. The Morgan fingerprint density at radius 1 is 1.04 bits per heavy atom. The summed E-state index contributed by atoms with van der Waals surface area (Å²) < 4.78 is 19.1. The fourth-order valence-corrected chi connectivity index (χ4v) is 1.61. The topological polar surface area (TPSA) is 88.1 Å². The van der Waals surface area contributed by atoms with Gasteiger partial charge in [-0.3, -0.25) is 9.59 Å². The Labute approximate surface area is 134 Å². The van der Waals surface area contributed by atoms with Crippen LogP contribution in [0.2, 0.25) is 0 Å². The number of carbonyl (C=O) groups is 3. The minimum absolute atomic E-state index is 0.00601. The Bertz CT molecular complexity index is 512. The van der Waals surface area contributed by atoms with E-state index >= 15 is 0 Å². The summed E-state index contributed by atoms with van der Waals surface area (Å²) in [5, 5.41) is 0. The Morgan fingerprint density at radius 2 is 1.74 bits per heavy atom. The molecule has 0 radical (unpaired) electrons. The van der Waals surface area contributed by atoms with Gasteiger partial charge in [0.15, 0.2) is 0 Å². The molecule has 0 saturated heterocycles. The van der Waals surface area contributed by atoms with Crippen LogP contribution in [0, 0.1) is 0 Å². The molecule has 1 aromatic rings. The maximum absolute atomic E-state index is 11.5. The number of esters is 2. The molecule has 1 atom stereocenters. The van der Waals surface area contributed by atoms with Gasteiger partial charge in [0.25, 0.3) is 0 Å². The van der Waals surface area contributed by atoms with Crippen molar-refractivity contribution in [2.24, 2.45) is 0 Å². The number of ether oxygens (including phenoxy) is 4. The lowest BCUT2D eigenvalue weighted by Gasteiger charge is -2.12. The van der Waals surface area contributed by atoms with Crippen LogP contribution < -0.4 is 0 Å². The van der Waals surface area contributed by atoms with E-state index in [4.69, 9.17) is 9.47 Å². The van der Waals surface area contributed by atoms with Gasteiger partial charge in [-0.2, -0.15) is 0 Å². The molecule has 0 heterocycles. The van der Waals surface area contributed by atoms with E-state index < -0.39 is 18.4 Å². The summed E-state index contributed by atoms with van der Waals surface area (Å²) in [5.74, 6) is -0.939. The Morgan fingerprint density at radius 3 is 2.39 bits per heavy atom. The number of rotatable bonds is 8. The van der Waals surface area contributed by atoms with Gasteiger partial charge in [0.1, 0.15) is 6.61 Å². The van der Waals surface area contributed by atoms with Gasteiger partial charge in [-0.25, -0.2) is 4.79 Å². The Hall–Kier alpha value is -2.57. The van der Waals surface area contributed by atoms with E-state index in [1.165, 1.54) is 13.8 Å². The molecule has 126 valence electrons. The van der Waals surface area contributed by atoms with Crippen LogP contribution in [0.5, 0.6) is 0 Å². The monoisotopic (exact) mass is 324 g/mol. The summed E-state index contributed by atoms with van der Waals surface area (Å²) in [6.07, 6.45) is -1.54. The van der Waals surface area contributed by atoms with Crippen molar-refractivity contribution in [2.45, 2.75) is 39.6 Å². The Kier molecular flexibility index (Phi) is 8.20. The fraction of sp³-hybridized carbons (Fsp3) is 0.438. The SMILES string of the molecule is CC(=O)OC(C)OC(=O)OCCCC(=O)OCc1ccccc1. The second kappa shape index (κ2) is 10.2. The van der Waals surface area contributed by atoms with Crippen molar-refractivity contribution in [3.8, 4) is 0 Å². The van der Waals surface area contributed by atoms with Crippen molar-refractivity contribution < 1.29 is 33.3 Å². The second-order valence-electron chi connectivity index (χ2n) is 4.64. The molecule has 0 spiro atoms. The third-order valence-corrected chi connectivity index (χ3v) is 2.58. The highest BCUT2D eigenvalue weighted by molar-refractivity contribution is 5.69. The zero-order chi connectivity index (χ0) is 17.1. The minimum atomic E-state index is -1.02. The molecule has 0 fully saturated rings. The van der Waals surface area contributed by atoms with E-state index in [0.717, 1.165) is 5.56 Å². The largest absolute Gasteiger partial charge is 0.511 e. The average molecular weight is 324 g/mol. The molecule has 0 bridgehead atoms. The normalized spacial score (nSPS) is 11.2. The first kappa shape index (κ1) is 18.5. The quantitative estimate of drug-likeness (QED) is 0.314. The summed E-state index contributed by atoms with van der Waals surface area (Å²) in [6.45, 7) is 2.81. The van der Waals surface area contributed by atoms with Crippen LogP contribution in [0.15, 0.2) is 30.3 Å². The third-order valence-electron chi connectivity index (χ3n) is 2.58. The predicted octanol–water partition coefficient (Wildman–Crippen LogP) is 2.57. The fourth-order valence-electron chi connectivity index (χ4n) is 1.61. The zero-order valence-electron chi connectivity index (χ0n) is 13.2. The molecule has 23 heavy (non-hydrogen) atoms. The van der Waals surface area contributed by atoms with Gasteiger partial charge in [0, 0.05) is 20.3 Å². The van der Waals surface area contributed by atoms with E-state index in [9.17, 15) is 14.4 Å². The molecular weight excluding hydrogens is 304 g/mol. The zero-order valence-corrected chi connectivity index (χ0v) is 13.2. The van der Waals surface area contributed by atoms with Gasteiger partial charge >= 0.3 is 18.1 Å². The maximum Gasteiger partial charge on any atom is 0.511 e. The molecule has 0 saturated carbocycles. The molecule has 0 aromatic heterocycles. The lowest BCUT2D eigenvalue weighted by molar-refractivity contribution is -0.165. The van der Waals surface area contributed by atoms with E-state index in [0.29, 0.717) is 6.42 Å². The van der Waals surface area contributed by atoms with Crippen LogP contribution >= 0.6 is 0 Å². The van der Waals surface area contributed by atoms with Gasteiger partial charge in [-0.15, -0.1) is 0 Å². The van der Waals surface area contributed by atoms with E-state index in [2.05, 4.69) is 9.47 Å². The van der Waals surface area contributed by atoms with Crippen molar-refractivity contribution in [1.82, 2.24) is 0 Å². The van der Waals surface area contributed by atoms with Crippen molar-refractivity contribution in [1.29, 1.82) is 0 Å². The van der Waals surface area contributed by atoms with Crippen molar-refractivity contribution in [3.05, 3.63) is 35.9 Å². The molecule has 1 rings (SSSR count). The molecule has 0 aliphatic carbocycles. The van der Waals surface area contributed by atoms with Crippen LogP contribution in [-0.4, -0.2) is 31.0 Å². The van der Waals surface area contributed by atoms with E-state index in [1.807, 2.05) is 30.3 Å². The summed E-state index contributed by atoms with van der Waals surface area (Å²) >= 11 is 0. The summed E-state index contributed by atoms with van der Waals surface area (Å²) in [6, 6.07) is 9.32. The van der Waals surface area contributed by atoms with Crippen LogP contribution in [-0.2, 0) is 35.1 Å². The first-order valence-electron chi connectivity index (χ1n) is 7.17. The van der Waals surface area contributed by atoms with Crippen molar-refractivity contribution >= 4 is 18.1 Å².